The lowest BCUT2D eigenvalue weighted by Crippen LogP contribution is -2.02. The van der Waals surface area contributed by atoms with Crippen molar-refractivity contribution in [3.8, 4) is 0 Å². The lowest BCUT2D eigenvalue weighted by atomic mass is 10.2. The zero-order valence-electron chi connectivity index (χ0n) is 8.06. The van der Waals surface area contributed by atoms with Crippen LogP contribution in [-0.2, 0) is 17.2 Å². The highest BCUT2D eigenvalue weighted by atomic mass is 32.2. The predicted molar refractivity (Wildman–Crippen MR) is 56.9 cm³/mol. The van der Waals surface area contributed by atoms with E-state index in [-0.39, 0.29) is 6.61 Å². The molecule has 6 heteroatoms. The van der Waals surface area contributed by atoms with E-state index in [9.17, 15) is 4.21 Å². The van der Waals surface area contributed by atoms with E-state index in [1.165, 1.54) is 11.8 Å². The highest BCUT2D eigenvalue weighted by Crippen LogP contribution is 2.18. The molecular formula is C8H12N2O2S2. The van der Waals surface area contributed by atoms with Gasteiger partial charge in [0.2, 0.25) is 0 Å². The molecule has 0 saturated carbocycles. The summed E-state index contributed by atoms with van der Waals surface area (Å²) in [4.78, 5) is 0. The second-order valence-electron chi connectivity index (χ2n) is 2.64. The third-order valence-corrected chi connectivity index (χ3v) is 3.20. The van der Waals surface area contributed by atoms with Gasteiger partial charge in [-0.3, -0.25) is 4.21 Å². The summed E-state index contributed by atoms with van der Waals surface area (Å²) >= 11 is 1.47. The summed E-state index contributed by atoms with van der Waals surface area (Å²) in [5.74, 6) is 0. The summed E-state index contributed by atoms with van der Waals surface area (Å²) in [5.41, 5.74) is 0.903. The largest absolute Gasteiger partial charge is 0.396 e. The average Bonchev–Trinajstić information content (AvgIpc) is 2.18. The first-order chi connectivity index (χ1) is 6.69. The van der Waals surface area contributed by atoms with Crippen molar-refractivity contribution in [1.82, 2.24) is 10.2 Å². The Morgan fingerprint density at radius 1 is 1.57 bits per heavy atom. The van der Waals surface area contributed by atoms with Gasteiger partial charge in [0.05, 0.1) is 10.8 Å². The number of thioether (sulfide) groups is 1. The van der Waals surface area contributed by atoms with Gasteiger partial charge in [-0.1, -0.05) is 0 Å². The fourth-order valence-electron chi connectivity index (χ4n) is 1.01. The molecule has 0 amide bonds. The van der Waals surface area contributed by atoms with Crippen molar-refractivity contribution < 1.29 is 9.32 Å². The number of aliphatic hydroxyl groups is 1. The first-order valence-electron chi connectivity index (χ1n) is 4.04. The van der Waals surface area contributed by atoms with E-state index in [0.29, 0.717) is 11.4 Å². The molecule has 1 aromatic rings. The molecule has 0 aliphatic heterocycles. The van der Waals surface area contributed by atoms with Crippen molar-refractivity contribution in [3.05, 3.63) is 11.6 Å². The van der Waals surface area contributed by atoms with Gasteiger partial charge in [0.25, 0.3) is 0 Å². The van der Waals surface area contributed by atoms with Crippen molar-refractivity contribution >= 4 is 22.6 Å². The molecule has 1 N–H and O–H groups in total. The van der Waals surface area contributed by atoms with Crippen LogP contribution in [0.1, 0.15) is 5.56 Å². The van der Waals surface area contributed by atoms with Gasteiger partial charge in [0, 0.05) is 12.9 Å². The van der Waals surface area contributed by atoms with Crippen LogP contribution in [-0.4, -0.2) is 38.6 Å². The zero-order valence-corrected chi connectivity index (χ0v) is 9.69. The van der Waals surface area contributed by atoms with Crippen molar-refractivity contribution in [1.29, 1.82) is 0 Å². The highest BCUT2D eigenvalue weighted by Gasteiger charge is 2.07. The molecule has 1 aromatic heterocycles. The van der Waals surface area contributed by atoms with E-state index in [4.69, 9.17) is 5.11 Å². The lowest BCUT2D eigenvalue weighted by Gasteiger charge is -2.04. The van der Waals surface area contributed by atoms with Gasteiger partial charge in [-0.25, -0.2) is 0 Å². The summed E-state index contributed by atoms with van der Waals surface area (Å²) in [5, 5.41) is 17.9. The molecule has 4 nitrogen and oxygen atoms in total. The smallest absolute Gasteiger partial charge is 0.149 e. The maximum Gasteiger partial charge on any atom is 0.149 e. The molecule has 0 spiro atoms. The maximum absolute atomic E-state index is 11.1. The van der Waals surface area contributed by atoms with Crippen LogP contribution in [0.4, 0.5) is 0 Å². The molecular weight excluding hydrogens is 220 g/mol. The van der Waals surface area contributed by atoms with Gasteiger partial charge in [-0.2, -0.15) is 0 Å². The van der Waals surface area contributed by atoms with Crippen LogP contribution in [0, 0.1) is 0 Å². The van der Waals surface area contributed by atoms with E-state index in [1.54, 1.807) is 12.3 Å². The van der Waals surface area contributed by atoms with Crippen LogP contribution < -0.4 is 0 Å². The monoisotopic (exact) mass is 232 g/mol. The SMILES string of the molecule is CSc1nnc(S(C)=O)cc1CCO. The molecule has 0 saturated heterocycles. The summed E-state index contributed by atoms with van der Waals surface area (Å²) in [7, 11) is -1.12. The van der Waals surface area contributed by atoms with Gasteiger partial charge in [0.15, 0.2) is 0 Å². The van der Waals surface area contributed by atoms with E-state index >= 15 is 0 Å². The van der Waals surface area contributed by atoms with Crippen LogP contribution in [0.2, 0.25) is 0 Å². The van der Waals surface area contributed by atoms with Gasteiger partial charge >= 0.3 is 0 Å². The van der Waals surface area contributed by atoms with Crippen LogP contribution in [0.25, 0.3) is 0 Å². The number of hydrogen-bond acceptors (Lipinski definition) is 5. The molecule has 0 radical (unpaired) electrons. The summed E-state index contributed by atoms with van der Waals surface area (Å²) in [6, 6.07) is 1.74. The van der Waals surface area contributed by atoms with Crippen molar-refractivity contribution in [2.24, 2.45) is 0 Å². The Morgan fingerprint density at radius 2 is 2.29 bits per heavy atom. The second kappa shape index (κ2) is 5.43. The number of aliphatic hydroxyl groups excluding tert-OH is 1. The molecule has 14 heavy (non-hydrogen) atoms. The van der Waals surface area contributed by atoms with Crippen LogP contribution >= 0.6 is 11.8 Å². The first-order valence-corrected chi connectivity index (χ1v) is 6.82. The molecule has 0 aromatic carbocycles. The second-order valence-corrected chi connectivity index (χ2v) is 4.77. The Hall–Kier alpha value is -0.460. The third kappa shape index (κ3) is 2.76. The molecule has 0 aliphatic carbocycles. The molecule has 1 rings (SSSR count). The number of aromatic nitrogens is 2. The molecule has 0 aliphatic rings. The topological polar surface area (TPSA) is 63.1 Å². The fraction of sp³-hybridized carbons (Fsp3) is 0.500. The minimum absolute atomic E-state index is 0.0645. The van der Waals surface area contributed by atoms with E-state index in [0.717, 1.165) is 10.6 Å². The number of nitrogens with zero attached hydrogens (tertiary/aromatic N) is 2. The molecule has 1 atom stereocenters. The summed E-state index contributed by atoms with van der Waals surface area (Å²) in [6.45, 7) is 0.0645. The van der Waals surface area contributed by atoms with Crippen LogP contribution in [0.5, 0.6) is 0 Å². The van der Waals surface area contributed by atoms with Gasteiger partial charge in [-0.05, 0) is 24.3 Å². The van der Waals surface area contributed by atoms with Gasteiger partial charge in [0.1, 0.15) is 10.1 Å². The molecule has 0 fully saturated rings. The number of rotatable bonds is 4. The fourth-order valence-corrected chi connectivity index (χ4v) is 2.02. The quantitative estimate of drug-likeness (QED) is 0.765. The molecule has 1 heterocycles. The standard InChI is InChI=1S/C8H12N2O2S2/c1-13-8-6(3-4-11)5-7(9-10-8)14(2)12/h5,11H,3-4H2,1-2H3. The van der Waals surface area contributed by atoms with Crippen molar-refractivity contribution in [2.75, 3.05) is 19.1 Å². The minimum Gasteiger partial charge on any atom is -0.396 e. The Kier molecular flexibility index (Phi) is 4.50. The predicted octanol–water partition coefficient (Wildman–Crippen LogP) is 0.471. The van der Waals surface area contributed by atoms with Crippen molar-refractivity contribution in [2.45, 2.75) is 16.5 Å². The van der Waals surface area contributed by atoms with Crippen LogP contribution in [0.3, 0.4) is 0 Å². The van der Waals surface area contributed by atoms with E-state index < -0.39 is 10.8 Å². The normalized spacial score (nSPS) is 12.8. The number of hydrogen-bond donors (Lipinski definition) is 1. The van der Waals surface area contributed by atoms with Crippen molar-refractivity contribution in [3.63, 3.8) is 0 Å². The Balaban J connectivity index is 3.07. The molecule has 78 valence electrons. The van der Waals surface area contributed by atoms with Gasteiger partial charge in [-0.15, -0.1) is 22.0 Å². The maximum atomic E-state index is 11.1. The zero-order chi connectivity index (χ0) is 10.6. The lowest BCUT2D eigenvalue weighted by molar-refractivity contribution is 0.298. The third-order valence-electron chi connectivity index (χ3n) is 1.68. The highest BCUT2D eigenvalue weighted by molar-refractivity contribution is 7.98. The van der Waals surface area contributed by atoms with E-state index in [1.807, 2.05) is 6.26 Å². The Morgan fingerprint density at radius 3 is 2.79 bits per heavy atom. The first kappa shape index (κ1) is 11.6. The minimum atomic E-state index is -1.12. The molecule has 0 bridgehead atoms. The average molecular weight is 232 g/mol. The van der Waals surface area contributed by atoms with E-state index in [2.05, 4.69) is 10.2 Å². The summed E-state index contributed by atoms with van der Waals surface area (Å²) in [6.07, 6.45) is 3.98. The van der Waals surface area contributed by atoms with Crippen LogP contribution in [0.15, 0.2) is 16.1 Å². The molecule has 1 unspecified atom stereocenters. The Labute approximate surface area is 89.6 Å². The summed E-state index contributed by atoms with van der Waals surface area (Å²) < 4.78 is 11.1. The Bertz CT molecular complexity index is 344. The van der Waals surface area contributed by atoms with Gasteiger partial charge < -0.3 is 5.11 Å².